The minimum absolute atomic E-state index is 0.148. The molecule has 0 aliphatic heterocycles. The van der Waals surface area contributed by atoms with E-state index < -0.39 is 0 Å². The Morgan fingerprint density at radius 2 is 0.403 bits per heavy atom. The third kappa shape index (κ3) is 28.9. The number of halogens is 4. The monoisotopic (exact) mass is 1730 g/mol. The largest absolute Gasteiger partial charge is 0.255 e. The van der Waals surface area contributed by atoms with Crippen LogP contribution in [0.4, 0.5) is 17.6 Å². The van der Waals surface area contributed by atoms with E-state index in [-0.39, 0.29) is 17.5 Å². The molecule has 0 atom stereocenters. The van der Waals surface area contributed by atoms with Crippen LogP contribution in [0, 0.1) is 41.1 Å². The van der Waals surface area contributed by atoms with Gasteiger partial charge < -0.3 is 0 Å². The fourth-order valence-electron chi connectivity index (χ4n) is 21.2. The smallest absolute Gasteiger partial charge is 0.131 e. The van der Waals surface area contributed by atoms with Gasteiger partial charge in [-0.15, -0.1) is 0 Å². The second-order valence-electron chi connectivity index (χ2n) is 38.3. The topological polar surface area (TPSA) is 0 Å². The quantitative estimate of drug-likeness (QED) is 0.0291. The first-order chi connectivity index (χ1) is 63.3. The average molecular weight is 1730 g/mol. The van der Waals surface area contributed by atoms with Crippen molar-refractivity contribution in [1.82, 2.24) is 0 Å². The predicted octanol–water partition coefficient (Wildman–Crippen LogP) is 38.8. The van der Waals surface area contributed by atoms with Crippen molar-refractivity contribution in [3.05, 3.63) is 335 Å². The Morgan fingerprint density at radius 1 is 0.194 bits per heavy atom. The molecule has 129 heavy (non-hydrogen) atoms. The van der Waals surface area contributed by atoms with Gasteiger partial charge in [-0.25, -0.2) is 13.2 Å². The molecule has 0 heterocycles. The van der Waals surface area contributed by atoms with Gasteiger partial charge in [-0.1, -0.05) is 413 Å². The van der Waals surface area contributed by atoms with Gasteiger partial charge in [0, 0.05) is 16.7 Å². The number of hydrogen-bond donors (Lipinski definition) is 0. The lowest BCUT2D eigenvalue weighted by Crippen LogP contribution is -2.13. The summed E-state index contributed by atoms with van der Waals surface area (Å²) >= 11 is 0. The minimum atomic E-state index is -0.150. The molecule has 4 aliphatic carbocycles. The Balaban J connectivity index is 0.000000155. The van der Waals surface area contributed by atoms with E-state index in [0.29, 0.717) is 41.6 Å². The van der Waals surface area contributed by atoms with Crippen molar-refractivity contribution in [3.8, 4) is 89.0 Å². The highest BCUT2D eigenvalue weighted by atomic mass is 19.1. The predicted molar refractivity (Wildman–Crippen MR) is 549 cm³/mol. The van der Waals surface area contributed by atoms with Crippen LogP contribution in [0.5, 0.6) is 0 Å². The Hall–Kier alpha value is -9.64. The molecule has 4 saturated carbocycles. The van der Waals surface area contributed by atoms with Crippen LogP contribution in [-0.2, 0) is 25.7 Å². The van der Waals surface area contributed by atoms with E-state index in [1.54, 1.807) is 23.8 Å². The molecule has 12 aromatic rings. The third-order valence-electron chi connectivity index (χ3n) is 29.2. The molecule has 0 amide bonds. The Kier molecular flexibility index (Phi) is 40.0. The van der Waals surface area contributed by atoms with Gasteiger partial charge in [-0.3, -0.25) is 4.39 Å². The van der Waals surface area contributed by atoms with E-state index in [2.05, 4.69) is 274 Å². The maximum absolute atomic E-state index is 15.0. The summed E-state index contributed by atoms with van der Waals surface area (Å²) < 4.78 is 54.6. The van der Waals surface area contributed by atoms with Crippen LogP contribution in [0.2, 0.25) is 0 Å². The standard InChI is InChI=1S/C32H39F.C31H37F.C31H38.C30H35F.CH3F/c1-3-5-6-8-25-11-13-26(14-12-25)27-17-19-29(20-18-27)31-22-21-30(23-32(31)33)28-15-9-24(7-4-2)10-16-28;1-3-5-7-24-10-12-25(13-11-24)26-16-18-28(19-17-26)30-21-20-29(22-31(30)32)27-14-8-23(6-4-2)9-15-27;1-3-5-6-7-25-10-14-27(15-11-25)29-18-22-31(23-19-29)30-20-16-28(17-21-30)26-12-8-24(4-2)9-13-26;1-3-5-22-7-11-24(12-8-22)25-15-17-27(18-16-25)29-20-19-28(21-30(29)31)26-13-9-23(6-4-2)10-14-26;1-2/h9-10,15-23,25-26H,3-8,11-14H2,1-2H3;8-9,14-22,24-25H,3-7,10-13H2,1-2H3;8-9,12-13,16-23,25,27H,3-7,10-11,14-15H2,1-2H3;9-10,13-22,24H,3-8,11-12H2,1-2H3;1H3. The van der Waals surface area contributed by atoms with Crippen LogP contribution in [0.1, 0.15) is 329 Å². The molecule has 0 nitrogen and oxygen atoms in total. The van der Waals surface area contributed by atoms with E-state index in [4.69, 9.17) is 0 Å². The first kappa shape index (κ1) is 98.4. The SMILES string of the molecule is CCCCC1CCC(c2ccc(-c3ccc(-c4ccc(CCC)cc4)cc3F)cc2)CC1.CCCCCC1CCC(c2ccc(-c3ccc(-c4ccc(CC)cc4)cc3)cc2)CC1.CCCCCC1CCC(c2ccc(-c3ccc(-c4ccc(CCC)cc4)cc3F)cc2)CC1.CCCc1ccc(-c2ccc(-c3ccc(C4CCC(CCC)CC4)cc3)c(F)c2)cc1.CF. The van der Waals surface area contributed by atoms with E-state index in [9.17, 15) is 8.78 Å². The lowest BCUT2D eigenvalue weighted by Gasteiger charge is -2.29. The van der Waals surface area contributed by atoms with Crippen LogP contribution >= 0.6 is 0 Å². The molecular formula is C125H152F4. The molecule has 4 heteroatoms. The lowest BCUT2D eigenvalue weighted by molar-refractivity contribution is 0.303. The third-order valence-corrected chi connectivity index (χ3v) is 29.2. The molecule has 0 spiro atoms. The van der Waals surface area contributed by atoms with Crippen LogP contribution in [-0.4, -0.2) is 7.18 Å². The van der Waals surface area contributed by atoms with Crippen molar-refractivity contribution in [2.45, 2.75) is 310 Å². The van der Waals surface area contributed by atoms with Crippen LogP contribution in [0.15, 0.2) is 273 Å². The molecule has 0 bridgehead atoms. The fourth-order valence-corrected chi connectivity index (χ4v) is 21.2. The molecule has 0 aromatic heterocycles. The number of alkyl halides is 1. The molecule has 0 unspecified atom stereocenters. The van der Waals surface area contributed by atoms with Crippen LogP contribution in [0.3, 0.4) is 0 Å². The van der Waals surface area contributed by atoms with Gasteiger partial charge in [-0.05, 0) is 311 Å². The average Bonchev–Trinajstić information content (AvgIpc) is 0.819. The van der Waals surface area contributed by atoms with Crippen molar-refractivity contribution in [1.29, 1.82) is 0 Å². The van der Waals surface area contributed by atoms with Crippen molar-refractivity contribution < 1.29 is 17.6 Å². The Bertz CT molecular complexity index is 5160. The maximum Gasteiger partial charge on any atom is 0.131 e. The second kappa shape index (κ2) is 52.4. The first-order valence-corrected chi connectivity index (χ1v) is 50.9. The van der Waals surface area contributed by atoms with Crippen molar-refractivity contribution in [2.75, 3.05) is 7.18 Å². The molecule has 12 aromatic carbocycles. The normalized spacial score (nSPS) is 18.4. The molecular weight excluding hydrogens is 1580 g/mol. The molecule has 680 valence electrons. The summed E-state index contributed by atoms with van der Waals surface area (Å²) in [5.74, 6) is 6.11. The summed E-state index contributed by atoms with van der Waals surface area (Å²) in [5, 5.41) is 0. The van der Waals surface area contributed by atoms with Gasteiger partial charge >= 0.3 is 0 Å². The Labute approximate surface area is 777 Å². The Morgan fingerprint density at radius 3 is 0.636 bits per heavy atom. The van der Waals surface area contributed by atoms with Gasteiger partial charge in [-0.2, -0.15) is 0 Å². The summed E-state index contributed by atoms with van der Waals surface area (Å²) in [7, 11) is 0.500. The van der Waals surface area contributed by atoms with E-state index in [1.165, 1.54) is 247 Å². The van der Waals surface area contributed by atoms with E-state index in [0.717, 1.165) is 125 Å². The molecule has 16 rings (SSSR count). The highest BCUT2D eigenvalue weighted by molar-refractivity contribution is 5.76. The molecule has 0 saturated heterocycles. The highest BCUT2D eigenvalue weighted by Gasteiger charge is 2.27. The van der Waals surface area contributed by atoms with Crippen molar-refractivity contribution in [3.63, 3.8) is 0 Å². The van der Waals surface area contributed by atoms with Gasteiger partial charge in [0.25, 0.3) is 0 Å². The number of aryl methyl sites for hydroxylation is 4. The molecule has 4 fully saturated rings. The summed E-state index contributed by atoms with van der Waals surface area (Å²) in [6.07, 6.45) is 47.3. The van der Waals surface area contributed by atoms with Gasteiger partial charge in [0.1, 0.15) is 17.5 Å². The van der Waals surface area contributed by atoms with Crippen molar-refractivity contribution in [2.24, 2.45) is 23.7 Å². The zero-order valence-electron chi connectivity index (χ0n) is 80.1. The van der Waals surface area contributed by atoms with Gasteiger partial charge in [0.2, 0.25) is 0 Å². The molecule has 4 aliphatic rings. The minimum Gasteiger partial charge on any atom is -0.255 e. The maximum atomic E-state index is 15.0. The zero-order valence-corrected chi connectivity index (χ0v) is 80.1. The lowest BCUT2D eigenvalue weighted by atomic mass is 9.77. The number of benzene rings is 12. The van der Waals surface area contributed by atoms with Gasteiger partial charge in [0.05, 0.1) is 7.18 Å². The molecule has 0 N–H and O–H groups in total. The second-order valence-corrected chi connectivity index (χ2v) is 38.3. The highest BCUT2D eigenvalue weighted by Crippen LogP contribution is 2.45. The summed E-state index contributed by atoms with van der Waals surface area (Å²) in [5.41, 5.74) is 27.4. The van der Waals surface area contributed by atoms with Crippen LogP contribution in [0.25, 0.3) is 89.0 Å². The number of hydrogen-bond acceptors (Lipinski definition) is 0. The summed E-state index contributed by atoms with van der Waals surface area (Å²) in [6, 6.07) is 95.9. The number of unbranched alkanes of at least 4 members (excludes halogenated alkanes) is 5. The zero-order chi connectivity index (χ0) is 90.5. The molecule has 0 radical (unpaired) electrons. The summed E-state index contributed by atoms with van der Waals surface area (Å²) in [4.78, 5) is 0. The van der Waals surface area contributed by atoms with Crippen molar-refractivity contribution >= 4 is 0 Å². The van der Waals surface area contributed by atoms with E-state index >= 15 is 8.78 Å². The number of rotatable bonds is 32. The van der Waals surface area contributed by atoms with E-state index in [1.807, 2.05) is 36.4 Å². The van der Waals surface area contributed by atoms with Crippen LogP contribution < -0.4 is 0 Å². The first-order valence-electron chi connectivity index (χ1n) is 50.9. The summed E-state index contributed by atoms with van der Waals surface area (Å²) in [6.45, 7) is 17.9. The van der Waals surface area contributed by atoms with Gasteiger partial charge in [0.15, 0.2) is 0 Å². The fraction of sp³-hybridized carbons (Fsp3) is 0.424.